The van der Waals surface area contributed by atoms with Crippen LogP contribution in [0.5, 0.6) is 0 Å². The molecule has 1 aromatic rings. The van der Waals surface area contributed by atoms with E-state index in [-0.39, 0.29) is 6.54 Å². The molecule has 0 saturated heterocycles. The molecule has 6 heteroatoms. The highest BCUT2D eigenvalue weighted by Gasteiger charge is 2.29. The van der Waals surface area contributed by atoms with Crippen LogP contribution in [-0.2, 0) is 6.54 Å². The maximum Gasteiger partial charge on any atom is 0.390 e. The molecule has 0 spiro atoms. The van der Waals surface area contributed by atoms with Gasteiger partial charge in [0.15, 0.2) is 0 Å². The van der Waals surface area contributed by atoms with Gasteiger partial charge in [-0.05, 0) is 19.1 Å². The van der Waals surface area contributed by atoms with Crippen LogP contribution in [0.4, 0.5) is 13.2 Å². The van der Waals surface area contributed by atoms with Crippen molar-refractivity contribution >= 4 is 23.2 Å². The number of alkyl halides is 3. The number of hydrogen-bond acceptors (Lipinski definition) is 1. The van der Waals surface area contributed by atoms with E-state index in [9.17, 15) is 13.2 Å². The quantitative estimate of drug-likeness (QED) is 0.863. The van der Waals surface area contributed by atoms with E-state index in [0.29, 0.717) is 15.6 Å². The second kappa shape index (κ2) is 5.94. The molecule has 1 unspecified atom stereocenters. The largest absolute Gasteiger partial charge is 0.390 e. The third-order valence-electron chi connectivity index (χ3n) is 2.23. The van der Waals surface area contributed by atoms with Gasteiger partial charge in [-0.1, -0.05) is 29.3 Å². The zero-order chi connectivity index (χ0) is 13.1. The second-order valence-electron chi connectivity index (χ2n) is 3.80. The molecule has 0 bridgehead atoms. The predicted molar refractivity (Wildman–Crippen MR) is 63.4 cm³/mol. The van der Waals surface area contributed by atoms with Gasteiger partial charge in [0, 0.05) is 28.2 Å². The molecule has 0 aliphatic rings. The number of nitrogens with one attached hydrogen (secondary N) is 1. The van der Waals surface area contributed by atoms with Gasteiger partial charge < -0.3 is 5.32 Å². The van der Waals surface area contributed by atoms with E-state index in [4.69, 9.17) is 23.2 Å². The summed E-state index contributed by atoms with van der Waals surface area (Å²) in [4.78, 5) is 0. The van der Waals surface area contributed by atoms with Gasteiger partial charge in [0.1, 0.15) is 0 Å². The van der Waals surface area contributed by atoms with E-state index in [1.165, 1.54) is 6.92 Å². The van der Waals surface area contributed by atoms with Crippen LogP contribution in [0.2, 0.25) is 10.0 Å². The van der Waals surface area contributed by atoms with E-state index in [1.54, 1.807) is 18.2 Å². The van der Waals surface area contributed by atoms with Crippen molar-refractivity contribution in [1.82, 2.24) is 5.32 Å². The van der Waals surface area contributed by atoms with Gasteiger partial charge in [0.2, 0.25) is 0 Å². The zero-order valence-corrected chi connectivity index (χ0v) is 10.6. The van der Waals surface area contributed by atoms with Crippen LogP contribution in [0.25, 0.3) is 0 Å². The summed E-state index contributed by atoms with van der Waals surface area (Å²) in [6.45, 7) is 1.69. The molecule has 0 aliphatic heterocycles. The average molecular weight is 286 g/mol. The van der Waals surface area contributed by atoms with Gasteiger partial charge in [-0.3, -0.25) is 0 Å². The third kappa shape index (κ3) is 5.15. The van der Waals surface area contributed by atoms with E-state index in [1.807, 2.05) is 0 Å². The minimum Gasteiger partial charge on any atom is -0.310 e. The molecule has 17 heavy (non-hydrogen) atoms. The molecule has 1 N–H and O–H groups in total. The van der Waals surface area contributed by atoms with Crippen LogP contribution in [0, 0.1) is 0 Å². The lowest BCUT2D eigenvalue weighted by Crippen LogP contribution is -2.30. The Morgan fingerprint density at radius 3 is 2.24 bits per heavy atom. The number of halogens is 5. The van der Waals surface area contributed by atoms with E-state index in [2.05, 4.69) is 5.32 Å². The van der Waals surface area contributed by atoms with Crippen LogP contribution in [-0.4, -0.2) is 12.2 Å². The summed E-state index contributed by atoms with van der Waals surface area (Å²) in [5.74, 6) is 0. The van der Waals surface area contributed by atoms with E-state index < -0.39 is 18.6 Å². The maximum absolute atomic E-state index is 12.1. The lowest BCUT2D eigenvalue weighted by molar-refractivity contribution is -0.139. The first-order valence-corrected chi connectivity index (χ1v) is 5.78. The highest BCUT2D eigenvalue weighted by atomic mass is 35.5. The smallest absolute Gasteiger partial charge is 0.310 e. The lowest BCUT2D eigenvalue weighted by Gasteiger charge is -2.16. The van der Waals surface area contributed by atoms with Crippen LogP contribution in [0.1, 0.15) is 18.9 Å². The summed E-state index contributed by atoms with van der Waals surface area (Å²) in [6.07, 6.45) is -5.05. The summed E-state index contributed by atoms with van der Waals surface area (Å²) < 4.78 is 36.3. The van der Waals surface area contributed by atoms with Crippen LogP contribution >= 0.6 is 23.2 Å². The monoisotopic (exact) mass is 285 g/mol. The van der Waals surface area contributed by atoms with Crippen molar-refractivity contribution in [3.8, 4) is 0 Å². The van der Waals surface area contributed by atoms with Gasteiger partial charge in [-0.25, -0.2) is 0 Å². The Balaban J connectivity index is 2.56. The maximum atomic E-state index is 12.1. The molecule has 1 rings (SSSR count). The summed E-state index contributed by atoms with van der Waals surface area (Å²) in [7, 11) is 0. The molecule has 96 valence electrons. The fourth-order valence-corrected chi connectivity index (χ4v) is 1.93. The third-order valence-corrected chi connectivity index (χ3v) is 2.93. The molecule has 0 saturated carbocycles. The van der Waals surface area contributed by atoms with Crippen molar-refractivity contribution in [3.63, 3.8) is 0 Å². The zero-order valence-electron chi connectivity index (χ0n) is 9.11. The molecule has 0 aliphatic carbocycles. The van der Waals surface area contributed by atoms with E-state index in [0.717, 1.165) is 0 Å². The van der Waals surface area contributed by atoms with Crippen molar-refractivity contribution in [1.29, 1.82) is 0 Å². The highest BCUT2D eigenvalue weighted by molar-refractivity contribution is 6.35. The molecule has 1 nitrogen and oxygen atoms in total. The molecule has 1 aromatic carbocycles. The van der Waals surface area contributed by atoms with Crippen LogP contribution in [0.15, 0.2) is 18.2 Å². The van der Waals surface area contributed by atoms with Crippen molar-refractivity contribution in [2.75, 3.05) is 0 Å². The second-order valence-corrected chi connectivity index (χ2v) is 4.62. The molecular weight excluding hydrogens is 274 g/mol. The Hall–Kier alpha value is -0.450. The molecular formula is C11H12Cl2F3N. The Bertz CT molecular complexity index is 359. The number of rotatable bonds is 4. The molecule has 1 atom stereocenters. The Kier molecular flexibility index (Phi) is 5.10. The first kappa shape index (κ1) is 14.6. The highest BCUT2D eigenvalue weighted by Crippen LogP contribution is 2.25. The topological polar surface area (TPSA) is 12.0 Å². The number of benzene rings is 1. The van der Waals surface area contributed by atoms with Crippen molar-refractivity contribution in [3.05, 3.63) is 33.8 Å². The van der Waals surface area contributed by atoms with Crippen molar-refractivity contribution in [2.24, 2.45) is 0 Å². The number of hydrogen-bond donors (Lipinski definition) is 1. The fourth-order valence-electron chi connectivity index (χ4n) is 1.40. The average Bonchev–Trinajstić information content (AvgIpc) is 2.14. The van der Waals surface area contributed by atoms with Crippen molar-refractivity contribution < 1.29 is 13.2 Å². The summed E-state index contributed by atoms with van der Waals surface area (Å²) in [6, 6.07) is 4.31. The summed E-state index contributed by atoms with van der Waals surface area (Å²) >= 11 is 11.8. The lowest BCUT2D eigenvalue weighted by atomic mass is 10.2. The van der Waals surface area contributed by atoms with Crippen LogP contribution < -0.4 is 5.32 Å². The predicted octanol–water partition coefficient (Wildman–Crippen LogP) is 4.42. The first-order chi connectivity index (χ1) is 7.79. The summed E-state index contributed by atoms with van der Waals surface area (Å²) in [5.41, 5.74) is 0.616. The van der Waals surface area contributed by atoms with Gasteiger partial charge in [-0.15, -0.1) is 0 Å². The van der Waals surface area contributed by atoms with Crippen LogP contribution in [0.3, 0.4) is 0 Å². The first-order valence-electron chi connectivity index (χ1n) is 5.02. The fraction of sp³-hybridized carbons (Fsp3) is 0.455. The molecule has 0 radical (unpaired) electrons. The normalized spacial score (nSPS) is 13.8. The Labute approximate surface area is 108 Å². The van der Waals surface area contributed by atoms with Gasteiger partial charge in [0.05, 0.1) is 6.42 Å². The van der Waals surface area contributed by atoms with Gasteiger partial charge in [0.25, 0.3) is 0 Å². The Morgan fingerprint density at radius 2 is 1.76 bits per heavy atom. The van der Waals surface area contributed by atoms with E-state index >= 15 is 0 Å². The van der Waals surface area contributed by atoms with Crippen molar-refractivity contribution in [2.45, 2.75) is 32.1 Å². The molecule has 0 heterocycles. The SMILES string of the molecule is CC(CC(F)(F)F)NCc1c(Cl)cccc1Cl. The minimum atomic E-state index is -4.17. The molecule has 0 aromatic heterocycles. The van der Waals surface area contributed by atoms with Gasteiger partial charge >= 0.3 is 6.18 Å². The molecule has 0 amide bonds. The Morgan fingerprint density at radius 1 is 1.24 bits per heavy atom. The standard InChI is InChI=1S/C11H12Cl2F3N/c1-7(5-11(14,15)16)17-6-8-9(12)3-2-4-10(8)13/h2-4,7,17H,5-6H2,1H3. The molecule has 0 fully saturated rings. The summed E-state index contributed by atoms with van der Waals surface area (Å²) in [5, 5.41) is 3.64. The minimum absolute atomic E-state index is 0.218. The van der Waals surface area contributed by atoms with Gasteiger partial charge in [-0.2, -0.15) is 13.2 Å².